The van der Waals surface area contributed by atoms with Crippen molar-refractivity contribution in [2.24, 2.45) is 23.9 Å². The summed E-state index contributed by atoms with van der Waals surface area (Å²) in [5.74, 6) is 3.57. The molecule has 0 spiro atoms. The van der Waals surface area contributed by atoms with Gasteiger partial charge in [0.05, 0.1) is 0 Å². The van der Waals surface area contributed by atoms with Crippen molar-refractivity contribution in [3.05, 3.63) is 11.6 Å². The maximum Gasteiger partial charge on any atom is 0.191 e. The number of aliphatic imine (C=N–C) groups is 1. The fraction of sp³-hybridized carbons (Fsp3) is 0.812. The number of hydrogen-bond acceptors (Lipinski definition) is 4. The quantitative estimate of drug-likeness (QED) is 0.470. The molecule has 0 bridgehead atoms. The first kappa shape index (κ1) is 19.4. The first-order chi connectivity index (χ1) is 11.0. The van der Waals surface area contributed by atoms with Gasteiger partial charge in [0, 0.05) is 26.7 Å². The second-order valence-corrected chi connectivity index (χ2v) is 6.31. The number of nitrogens with one attached hydrogen (secondary N) is 2. The Kier molecular flexibility index (Phi) is 8.61. The van der Waals surface area contributed by atoms with Crippen LogP contribution < -0.4 is 10.6 Å². The average Bonchev–Trinajstić information content (AvgIpc) is 2.81. The first-order valence-corrected chi connectivity index (χ1v) is 8.45. The van der Waals surface area contributed by atoms with Gasteiger partial charge in [-0.2, -0.15) is 0 Å². The van der Waals surface area contributed by atoms with Crippen LogP contribution >= 0.6 is 0 Å². The fourth-order valence-electron chi connectivity index (χ4n) is 2.47. The summed E-state index contributed by atoms with van der Waals surface area (Å²) in [4.78, 5) is 4.58. The standard InChI is InChI=1S/C16H32N6O/c1-6-17-16(18-10-14(7-8-23)9-12(2)3)19-11-15-21-20-13(4)22(15)5/h12,14,23H,6-11H2,1-5H3,(H2,17,18,19). The minimum Gasteiger partial charge on any atom is -0.396 e. The Balaban J connectivity index is 2.62. The average molecular weight is 324 g/mol. The van der Waals surface area contributed by atoms with Gasteiger partial charge in [-0.25, -0.2) is 4.99 Å². The summed E-state index contributed by atoms with van der Waals surface area (Å²) in [5, 5.41) is 24.0. The van der Waals surface area contributed by atoms with Crippen molar-refractivity contribution in [3.63, 3.8) is 0 Å². The SMILES string of the molecule is CCNC(=NCc1nnc(C)n1C)NCC(CCO)CC(C)C. The highest BCUT2D eigenvalue weighted by Gasteiger charge is 2.11. The highest BCUT2D eigenvalue weighted by Crippen LogP contribution is 2.14. The Bertz CT molecular complexity index is 483. The molecule has 1 heterocycles. The minimum atomic E-state index is 0.227. The molecule has 0 aliphatic rings. The van der Waals surface area contributed by atoms with Crippen LogP contribution in [0, 0.1) is 18.8 Å². The minimum absolute atomic E-state index is 0.227. The summed E-state index contributed by atoms with van der Waals surface area (Å²) in [5.41, 5.74) is 0. The number of guanidine groups is 1. The predicted molar refractivity (Wildman–Crippen MR) is 93.2 cm³/mol. The molecule has 7 nitrogen and oxygen atoms in total. The lowest BCUT2D eigenvalue weighted by atomic mass is 9.94. The summed E-state index contributed by atoms with van der Waals surface area (Å²) in [6.07, 6.45) is 1.91. The molecular formula is C16H32N6O. The summed E-state index contributed by atoms with van der Waals surface area (Å²) >= 11 is 0. The van der Waals surface area contributed by atoms with Crippen molar-refractivity contribution in [2.45, 2.75) is 47.1 Å². The molecule has 1 unspecified atom stereocenters. The zero-order valence-electron chi connectivity index (χ0n) is 15.1. The Morgan fingerprint density at radius 3 is 2.57 bits per heavy atom. The summed E-state index contributed by atoms with van der Waals surface area (Å²) in [6, 6.07) is 0. The number of nitrogens with zero attached hydrogens (tertiary/aromatic N) is 4. The van der Waals surface area contributed by atoms with Crippen LogP contribution in [0.4, 0.5) is 0 Å². The smallest absolute Gasteiger partial charge is 0.191 e. The van der Waals surface area contributed by atoms with E-state index >= 15 is 0 Å². The molecule has 7 heteroatoms. The van der Waals surface area contributed by atoms with Crippen LogP contribution in [-0.4, -0.2) is 45.5 Å². The highest BCUT2D eigenvalue weighted by molar-refractivity contribution is 5.79. The zero-order valence-corrected chi connectivity index (χ0v) is 15.1. The summed E-state index contributed by atoms with van der Waals surface area (Å²) in [7, 11) is 1.94. The van der Waals surface area contributed by atoms with Crippen molar-refractivity contribution in [3.8, 4) is 0 Å². The van der Waals surface area contributed by atoms with E-state index in [4.69, 9.17) is 0 Å². The van der Waals surface area contributed by atoms with Crippen LogP contribution in [0.5, 0.6) is 0 Å². The van der Waals surface area contributed by atoms with Gasteiger partial charge in [-0.05, 0) is 38.5 Å². The van der Waals surface area contributed by atoms with E-state index in [-0.39, 0.29) is 6.61 Å². The summed E-state index contributed by atoms with van der Waals surface area (Å²) < 4.78 is 1.94. The molecule has 0 fully saturated rings. The molecule has 0 aromatic carbocycles. The zero-order chi connectivity index (χ0) is 17.2. The molecule has 132 valence electrons. The second-order valence-electron chi connectivity index (χ2n) is 6.31. The molecule has 0 radical (unpaired) electrons. The lowest BCUT2D eigenvalue weighted by molar-refractivity contribution is 0.243. The van der Waals surface area contributed by atoms with E-state index in [9.17, 15) is 5.11 Å². The fourth-order valence-corrected chi connectivity index (χ4v) is 2.47. The maximum atomic E-state index is 9.21. The normalized spacial score (nSPS) is 13.4. The van der Waals surface area contributed by atoms with Crippen LogP contribution in [0.25, 0.3) is 0 Å². The molecule has 0 aliphatic heterocycles. The van der Waals surface area contributed by atoms with Gasteiger partial charge in [0.25, 0.3) is 0 Å². The third-order valence-electron chi connectivity index (χ3n) is 3.81. The molecule has 1 aromatic heterocycles. The third-order valence-corrected chi connectivity index (χ3v) is 3.81. The van der Waals surface area contributed by atoms with E-state index in [1.807, 2.05) is 25.5 Å². The van der Waals surface area contributed by atoms with E-state index in [1.54, 1.807) is 0 Å². The second kappa shape index (κ2) is 10.2. The van der Waals surface area contributed by atoms with Crippen LogP contribution in [0.15, 0.2) is 4.99 Å². The van der Waals surface area contributed by atoms with E-state index < -0.39 is 0 Å². The molecule has 0 saturated heterocycles. The van der Waals surface area contributed by atoms with Gasteiger partial charge in [0.2, 0.25) is 0 Å². The van der Waals surface area contributed by atoms with Crippen molar-refractivity contribution < 1.29 is 5.11 Å². The number of rotatable bonds is 9. The van der Waals surface area contributed by atoms with E-state index in [0.29, 0.717) is 18.4 Å². The van der Waals surface area contributed by atoms with Crippen molar-refractivity contribution in [1.29, 1.82) is 0 Å². The van der Waals surface area contributed by atoms with Crippen LogP contribution in [0.2, 0.25) is 0 Å². The van der Waals surface area contributed by atoms with Gasteiger partial charge in [-0.3, -0.25) is 0 Å². The largest absolute Gasteiger partial charge is 0.396 e. The predicted octanol–water partition coefficient (Wildman–Crippen LogP) is 1.22. The third kappa shape index (κ3) is 6.99. The Morgan fingerprint density at radius 1 is 1.30 bits per heavy atom. The lowest BCUT2D eigenvalue weighted by Gasteiger charge is -2.20. The number of aliphatic hydroxyl groups is 1. The Morgan fingerprint density at radius 2 is 2.04 bits per heavy atom. The van der Waals surface area contributed by atoms with E-state index in [1.165, 1.54) is 0 Å². The molecule has 0 saturated carbocycles. The highest BCUT2D eigenvalue weighted by atomic mass is 16.3. The lowest BCUT2D eigenvalue weighted by Crippen LogP contribution is -2.40. The molecule has 0 aliphatic carbocycles. The number of hydrogen-bond donors (Lipinski definition) is 3. The van der Waals surface area contributed by atoms with E-state index in [0.717, 1.165) is 43.5 Å². The topological polar surface area (TPSA) is 87.4 Å². The van der Waals surface area contributed by atoms with Crippen LogP contribution in [0.1, 0.15) is 45.3 Å². The molecule has 1 atom stereocenters. The van der Waals surface area contributed by atoms with Gasteiger partial charge in [0.15, 0.2) is 11.8 Å². The molecule has 23 heavy (non-hydrogen) atoms. The van der Waals surface area contributed by atoms with Gasteiger partial charge >= 0.3 is 0 Å². The Hall–Kier alpha value is -1.63. The van der Waals surface area contributed by atoms with Crippen LogP contribution in [-0.2, 0) is 13.6 Å². The molecular weight excluding hydrogens is 292 g/mol. The number of aliphatic hydroxyl groups excluding tert-OH is 1. The first-order valence-electron chi connectivity index (χ1n) is 8.45. The van der Waals surface area contributed by atoms with E-state index in [2.05, 4.69) is 39.7 Å². The number of aromatic nitrogens is 3. The van der Waals surface area contributed by atoms with Crippen molar-refractivity contribution >= 4 is 5.96 Å². The van der Waals surface area contributed by atoms with Crippen molar-refractivity contribution in [1.82, 2.24) is 25.4 Å². The van der Waals surface area contributed by atoms with Crippen LogP contribution in [0.3, 0.4) is 0 Å². The Labute approximate surface area is 139 Å². The molecule has 1 rings (SSSR count). The van der Waals surface area contributed by atoms with Gasteiger partial charge in [0.1, 0.15) is 12.4 Å². The van der Waals surface area contributed by atoms with Gasteiger partial charge < -0.3 is 20.3 Å². The molecule has 1 aromatic rings. The maximum absolute atomic E-state index is 9.21. The van der Waals surface area contributed by atoms with Gasteiger partial charge in [-0.15, -0.1) is 10.2 Å². The molecule has 0 amide bonds. The monoisotopic (exact) mass is 324 g/mol. The van der Waals surface area contributed by atoms with Crippen molar-refractivity contribution in [2.75, 3.05) is 19.7 Å². The molecule has 3 N–H and O–H groups in total. The summed E-state index contributed by atoms with van der Waals surface area (Å²) in [6.45, 7) is 10.7. The van der Waals surface area contributed by atoms with Gasteiger partial charge in [-0.1, -0.05) is 13.8 Å². The number of aryl methyl sites for hydroxylation is 1.